The van der Waals surface area contributed by atoms with Gasteiger partial charge in [0.25, 0.3) is 0 Å². The quantitative estimate of drug-likeness (QED) is 0.507. The SMILES string of the molecule is CCC(NCCOCCN(C)C)C(N)=O. The van der Waals surface area contributed by atoms with Crippen LogP contribution in [-0.4, -0.2) is 57.2 Å². The van der Waals surface area contributed by atoms with E-state index < -0.39 is 0 Å². The van der Waals surface area contributed by atoms with Gasteiger partial charge in [-0.15, -0.1) is 0 Å². The maximum atomic E-state index is 10.9. The number of primary amides is 1. The monoisotopic (exact) mass is 217 g/mol. The van der Waals surface area contributed by atoms with Crippen molar-refractivity contribution >= 4 is 5.91 Å². The van der Waals surface area contributed by atoms with Crippen LogP contribution in [0.2, 0.25) is 0 Å². The molecule has 0 aromatic rings. The Balaban J connectivity index is 3.33. The molecule has 1 amide bonds. The van der Waals surface area contributed by atoms with Crippen LogP contribution in [-0.2, 0) is 9.53 Å². The van der Waals surface area contributed by atoms with Gasteiger partial charge in [-0.3, -0.25) is 4.79 Å². The second kappa shape index (κ2) is 8.64. The molecule has 0 aliphatic carbocycles. The number of hydrogen-bond acceptors (Lipinski definition) is 4. The summed E-state index contributed by atoms with van der Waals surface area (Å²) in [5.41, 5.74) is 5.18. The van der Waals surface area contributed by atoms with Crippen molar-refractivity contribution in [1.82, 2.24) is 10.2 Å². The number of amides is 1. The molecule has 1 unspecified atom stereocenters. The Bertz CT molecular complexity index is 174. The third-order valence-corrected chi connectivity index (χ3v) is 2.07. The Hall–Kier alpha value is -0.650. The molecule has 1 atom stereocenters. The van der Waals surface area contributed by atoms with E-state index >= 15 is 0 Å². The normalized spacial score (nSPS) is 13.1. The lowest BCUT2D eigenvalue weighted by Gasteiger charge is -2.14. The molecule has 0 fully saturated rings. The summed E-state index contributed by atoms with van der Waals surface area (Å²) in [5.74, 6) is -0.300. The van der Waals surface area contributed by atoms with Gasteiger partial charge in [-0.05, 0) is 20.5 Å². The van der Waals surface area contributed by atoms with Gasteiger partial charge in [-0.2, -0.15) is 0 Å². The molecule has 0 saturated heterocycles. The first-order valence-electron chi connectivity index (χ1n) is 5.33. The third-order valence-electron chi connectivity index (χ3n) is 2.07. The highest BCUT2D eigenvalue weighted by Crippen LogP contribution is 1.88. The number of carbonyl (C=O) groups excluding carboxylic acids is 1. The highest BCUT2D eigenvalue weighted by molar-refractivity contribution is 5.79. The number of ether oxygens (including phenoxy) is 1. The first-order valence-corrected chi connectivity index (χ1v) is 5.33. The van der Waals surface area contributed by atoms with E-state index in [0.717, 1.165) is 6.54 Å². The summed E-state index contributed by atoms with van der Waals surface area (Å²) in [7, 11) is 4.00. The first-order chi connectivity index (χ1) is 7.07. The van der Waals surface area contributed by atoms with Crippen molar-refractivity contribution in [2.45, 2.75) is 19.4 Å². The number of carbonyl (C=O) groups is 1. The van der Waals surface area contributed by atoms with Gasteiger partial charge in [-0.1, -0.05) is 6.92 Å². The molecule has 0 aromatic carbocycles. The fourth-order valence-corrected chi connectivity index (χ4v) is 1.10. The standard InChI is InChI=1S/C10H23N3O2/c1-4-9(10(11)14)12-5-7-15-8-6-13(2)3/h9,12H,4-8H2,1-3H3,(H2,11,14). The van der Waals surface area contributed by atoms with E-state index in [1.807, 2.05) is 21.0 Å². The molecule has 0 radical (unpaired) electrons. The van der Waals surface area contributed by atoms with Crippen LogP contribution >= 0.6 is 0 Å². The van der Waals surface area contributed by atoms with E-state index in [1.54, 1.807) is 0 Å². The van der Waals surface area contributed by atoms with Gasteiger partial charge >= 0.3 is 0 Å². The molecule has 5 heteroatoms. The summed E-state index contributed by atoms with van der Waals surface area (Å²) < 4.78 is 5.36. The number of hydrogen-bond donors (Lipinski definition) is 2. The molecule has 3 N–H and O–H groups in total. The molecule has 0 saturated carbocycles. The van der Waals surface area contributed by atoms with E-state index in [0.29, 0.717) is 26.2 Å². The van der Waals surface area contributed by atoms with Crippen LogP contribution in [0.25, 0.3) is 0 Å². The molecule has 0 aliphatic heterocycles. The van der Waals surface area contributed by atoms with Gasteiger partial charge in [0.2, 0.25) is 5.91 Å². The topological polar surface area (TPSA) is 67.6 Å². The average Bonchev–Trinajstić information content (AvgIpc) is 2.15. The summed E-state index contributed by atoms with van der Waals surface area (Å²) in [6.45, 7) is 4.82. The second-order valence-corrected chi connectivity index (χ2v) is 3.73. The summed E-state index contributed by atoms with van der Waals surface area (Å²) in [6, 6.07) is -0.234. The maximum Gasteiger partial charge on any atom is 0.234 e. The largest absolute Gasteiger partial charge is 0.379 e. The van der Waals surface area contributed by atoms with Gasteiger partial charge in [-0.25, -0.2) is 0 Å². The van der Waals surface area contributed by atoms with E-state index in [2.05, 4.69) is 10.2 Å². The first kappa shape index (κ1) is 14.3. The van der Waals surface area contributed by atoms with Gasteiger partial charge in [0.15, 0.2) is 0 Å². The van der Waals surface area contributed by atoms with Gasteiger partial charge in [0.1, 0.15) is 0 Å². The predicted octanol–water partition coefficient (Wildman–Crippen LogP) is -0.582. The molecular weight excluding hydrogens is 194 g/mol. The van der Waals surface area contributed by atoms with Crippen LogP contribution in [0.5, 0.6) is 0 Å². The zero-order valence-electron chi connectivity index (χ0n) is 9.95. The Morgan fingerprint density at radius 1 is 1.47 bits per heavy atom. The molecule has 0 spiro atoms. The van der Waals surface area contributed by atoms with Crippen molar-refractivity contribution in [1.29, 1.82) is 0 Å². The number of likely N-dealkylation sites (N-methyl/N-ethyl adjacent to an activating group) is 1. The van der Waals surface area contributed by atoms with Crippen molar-refractivity contribution in [2.24, 2.45) is 5.73 Å². The summed E-state index contributed by atoms with van der Waals surface area (Å²) in [6.07, 6.45) is 0.715. The predicted molar refractivity (Wildman–Crippen MR) is 60.6 cm³/mol. The van der Waals surface area contributed by atoms with Crippen molar-refractivity contribution in [3.8, 4) is 0 Å². The van der Waals surface area contributed by atoms with Crippen LogP contribution in [0.4, 0.5) is 0 Å². The van der Waals surface area contributed by atoms with Gasteiger partial charge in [0.05, 0.1) is 19.3 Å². The van der Waals surface area contributed by atoms with Crippen molar-refractivity contribution in [3.05, 3.63) is 0 Å². The van der Waals surface area contributed by atoms with Crippen LogP contribution in [0.1, 0.15) is 13.3 Å². The van der Waals surface area contributed by atoms with Crippen LogP contribution in [0.15, 0.2) is 0 Å². The number of nitrogens with two attached hydrogens (primary N) is 1. The lowest BCUT2D eigenvalue weighted by molar-refractivity contribution is -0.120. The van der Waals surface area contributed by atoms with Crippen molar-refractivity contribution in [3.63, 3.8) is 0 Å². The van der Waals surface area contributed by atoms with Crippen LogP contribution in [0, 0.1) is 0 Å². The average molecular weight is 217 g/mol. The summed E-state index contributed by atoms with van der Waals surface area (Å²) in [4.78, 5) is 12.9. The molecule has 0 heterocycles. The minimum Gasteiger partial charge on any atom is -0.379 e. The Kier molecular flexibility index (Phi) is 8.27. The minimum absolute atomic E-state index is 0.234. The van der Waals surface area contributed by atoms with Crippen LogP contribution < -0.4 is 11.1 Å². The molecule has 15 heavy (non-hydrogen) atoms. The Morgan fingerprint density at radius 3 is 2.60 bits per heavy atom. The summed E-state index contributed by atoms with van der Waals surface area (Å²) in [5, 5.41) is 3.04. The third kappa shape index (κ3) is 8.35. The van der Waals surface area contributed by atoms with Crippen molar-refractivity contribution in [2.75, 3.05) is 40.4 Å². The van der Waals surface area contributed by atoms with Gasteiger partial charge in [0, 0.05) is 13.1 Å². The second-order valence-electron chi connectivity index (χ2n) is 3.73. The number of rotatable bonds is 9. The molecule has 0 aromatic heterocycles. The zero-order valence-corrected chi connectivity index (χ0v) is 9.95. The molecule has 0 bridgehead atoms. The van der Waals surface area contributed by atoms with Crippen LogP contribution in [0.3, 0.4) is 0 Å². The van der Waals surface area contributed by atoms with E-state index in [-0.39, 0.29) is 11.9 Å². The minimum atomic E-state index is -0.300. The fourth-order valence-electron chi connectivity index (χ4n) is 1.10. The smallest absolute Gasteiger partial charge is 0.234 e. The highest BCUT2D eigenvalue weighted by atomic mass is 16.5. The van der Waals surface area contributed by atoms with E-state index in [1.165, 1.54) is 0 Å². The fraction of sp³-hybridized carbons (Fsp3) is 0.900. The van der Waals surface area contributed by atoms with Crippen molar-refractivity contribution < 1.29 is 9.53 Å². The molecule has 0 rings (SSSR count). The maximum absolute atomic E-state index is 10.9. The Morgan fingerprint density at radius 2 is 2.13 bits per heavy atom. The number of nitrogens with zero attached hydrogens (tertiary/aromatic N) is 1. The zero-order chi connectivity index (χ0) is 11.7. The Labute approximate surface area is 91.9 Å². The lowest BCUT2D eigenvalue weighted by atomic mass is 10.2. The lowest BCUT2D eigenvalue weighted by Crippen LogP contribution is -2.42. The van der Waals surface area contributed by atoms with Gasteiger partial charge < -0.3 is 20.7 Å². The molecular formula is C10H23N3O2. The number of nitrogens with one attached hydrogen (secondary N) is 1. The van der Waals surface area contributed by atoms with E-state index in [9.17, 15) is 4.79 Å². The highest BCUT2D eigenvalue weighted by Gasteiger charge is 2.10. The molecule has 0 aliphatic rings. The van der Waals surface area contributed by atoms with E-state index in [4.69, 9.17) is 10.5 Å². The summed E-state index contributed by atoms with van der Waals surface area (Å²) >= 11 is 0. The molecule has 5 nitrogen and oxygen atoms in total. The molecule has 90 valence electrons.